The maximum absolute atomic E-state index is 14.2. The van der Waals surface area contributed by atoms with Crippen LogP contribution < -0.4 is 4.31 Å². The third-order valence-electron chi connectivity index (χ3n) is 5.67. The first-order chi connectivity index (χ1) is 16.4. The number of nitrogens with zero attached hydrogens (tertiary/aromatic N) is 1. The first kappa shape index (κ1) is 24.8. The molecule has 184 valence electrons. The van der Waals surface area contributed by atoms with Gasteiger partial charge in [0.05, 0.1) is 21.7 Å². The molecule has 1 heterocycles. The van der Waals surface area contributed by atoms with E-state index >= 15 is 0 Å². The predicted molar refractivity (Wildman–Crippen MR) is 115 cm³/mol. The molecule has 1 aliphatic heterocycles. The van der Waals surface area contributed by atoms with E-state index in [9.17, 15) is 39.6 Å². The Morgan fingerprint density at radius 3 is 2.34 bits per heavy atom. The van der Waals surface area contributed by atoms with Gasteiger partial charge in [-0.15, -0.1) is 0 Å². The van der Waals surface area contributed by atoms with E-state index in [0.29, 0.717) is 36.6 Å². The highest BCUT2D eigenvalue weighted by Crippen LogP contribution is 2.36. The lowest BCUT2D eigenvalue weighted by atomic mass is 9.95. The molecule has 0 saturated carbocycles. The molecule has 11 heteroatoms. The molecule has 0 amide bonds. The average Bonchev–Trinajstić information content (AvgIpc) is 2.79. The van der Waals surface area contributed by atoms with Gasteiger partial charge >= 0.3 is 6.18 Å². The number of halogens is 6. The van der Waals surface area contributed by atoms with Crippen molar-refractivity contribution in [3.8, 4) is 0 Å². The van der Waals surface area contributed by atoms with Crippen LogP contribution in [0.4, 0.5) is 32.0 Å². The van der Waals surface area contributed by atoms with Crippen molar-refractivity contribution in [3.63, 3.8) is 0 Å². The first-order valence-corrected chi connectivity index (χ1v) is 11.8. The normalized spacial score (nSPS) is 14.1. The second-order valence-electron chi connectivity index (χ2n) is 7.98. The SMILES string of the molecule is O=C(Cc1ccc2c(c1)N(S(=O)(=O)c1ccc(F)c(F)c1)CCC2)c1c(F)cccc1C(F)(F)F. The zero-order valence-corrected chi connectivity index (χ0v) is 18.7. The molecule has 1 aliphatic rings. The number of ketones is 1. The van der Waals surface area contributed by atoms with Crippen LogP contribution >= 0.6 is 0 Å². The number of hydrogen-bond donors (Lipinski definition) is 0. The summed E-state index contributed by atoms with van der Waals surface area (Å²) in [5.41, 5.74) is -1.58. The van der Waals surface area contributed by atoms with Gasteiger partial charge in [0.1, 0.15) is 5.82 Å². The van der Waals surface area contributed by atoms with Crippen molar-refractivity contribution in [2.45, 2.75) is 30.3 Å². The van der Waals surface area contributed by atoms with Gasteiger partial charge in [0.2, 0.25) is 0 Å². The monoisotopic (exact) mass is 513 g/mol. The molecule has 0 unspecified atom stereocenters. The van der Waals surface area contributed by atoms with Gasteiger partial charge in [0.15, 0.2) is 17.4 Å². The maximum Gasteiger partial charge on any atom is 0.417 e. The Labute approximate surface area is 196 Å². The van der Waals surface area contributed by atoms with Crippen molar-refractivity contribution in [1.29, 1.82) is 0 Å². The van der Waals surface area contributed by atoms with Crippen LogP contribution in [0.5, 0.6) is 0 Å². The summed E-state index contributed by atoms with van der Waals surface area (Å²) in [6, 6.07) is 8.72. The van der Waals surface area contributed by atoms with E-state index in [1.165, 1.54) is 18.2 Å². The van der Waals surface area contributed by atoms with Gasteiger partial charge in [0.25, 0.3) is 10.0 Å². The van der Waals surface area contributed by atoms with Crippen LogP contribution in [-0.4, -0.2) is 20.7 Å². The van der Waals surface area contributed by atoms with Crippen LogP contribution in [0.3, 0.4) is 0 Å². The summed E-state index contributed by atoms with van der Waals surface area (Å²) in [5.74, 6) is -4.99. The van der Waals surface area contributed by atoms with Gasteiger partial charge < -0.3 is 0 Å². The number of rotatable bonds is 5. The van der Waals surface area contributed by atoms with E-state index < -0.39 is 61.9 Å². The van der Waals surface area contributed by atoms with E-state index in [1.807, 2.05) is 0 Å². The van der Waals surface area contributed by atoms with Gasteiger partial charge in [-0.1, -0.05) is 18.2 Å². The Morgan fingerprint density at radius 1 is 0.914 bits per heavy atom. The minimum atomic E-state index is -4.95. The number of sulfonamides is 1. The highest BCUT2D eigenvalue weighted by Gasteiger charge is 2.37. The van der Waals surface area contributed by atoms with Gasteiger partial charge in [-0.2, -0.15) is 13.2 Å². The van der Waals surface area contributed by atoms with Gasteiger partial charge in [-0.25, -0.2) is 21.6 Å². The smallest absolute Gasteiger partial charge is 0.294 e. The van der Waals surface area contributed by atoms with Gasteiger partial charge in [-0.05, 0) is 60.4 Å². The van der Waals surface area contributed by atoms with Crippen molar-refractivity contribution in [3.05, 3.63) is 94.3 Å². The fourth-order valence-electron chi connectivity index (χ4n) is 4.03. The minimum Gasteiger partial charge on any atom is -0.294 e. The number of aryl methyl sites for hydroxylation is 1. The van der Waals surface area contributed by atoms with Crippen LogP contribution in [0, 0.1) is 17.5 Å². The Balaban J connectivity index is 1.70. The number of carbonyl (C=O) groups excluding carboxylic acids is 1. The molecule has 0 atom stereocenters. The van der Waals surface area contributed by atoms with Crippen molar-refractivity contribution in [1.82, 2.24) is 0 Å². The zero-order valence-electron chi connectivity index (χ0n) is 17.9. The molecule has 35 heavy (non-hydrogen) atoms. The lowest BCUT2D eigenvalue weighted by Crippen LogP contribution is -2.35. The zero-order chi connectivity index (χ0) is 25.5. The van der Waals surface area contributed by atoms with E-state index in [0.717, 1.165) is 22.5 Å². The molecule has 0 N–H and O–H groups in total. The third kappa shape index (κ3) is 4.77. The maximum atomic E-state index is 14.2. The summed E-state index contributed by atoms with van der Waals surface area (Å²) in [7, 11) is -4.31. The van der Waals surface area contributed by atoms with Crippen LogP contribution in [-0.2, 0) is 29.0 Å². The number of Topliss-reactive ketones (excluding diaryl/α,β-unsaturated/α-hetero) is 1. The molecule has 0 fully saturated rings. The number of alkyl halides is 3. The molecule has 3 aromatic carbocycles. The number of benzene rings is 3. The average molecular weight is 513 g/mol. The molecule has 0 saturated heterocycles. The predicted octanol–water partition coefficient (Wildman–Crippen LogP) is 5.69. The quantitative estimate of drug-likeness (QED) is 0.326. The molecule has 4 rings (SSSR count). The van der Waals surface area contributed by atoms with Gasteiger partial charge in [-0.3, -0.25) is 9.10 Å². The molecule has 0 bridgehead atoms. The lowest BCUT2D eigenvalue weighted by Gasteiger charge is -2.31. The van der Waals surface area contributed by atoms with E-state index in [4.69, 9.17) is 0 Å². The minimum absolute atomic E-state index is 0.0112. The Morgan fingerprint density at radius 2 is 1.66 bits per heavy atom. The summed E-state index contributed by atoms with van der Waals surface area (Å²) in [6.45, 7) is 0.0112. The van der Waals surface area contributed by atoms with Crippen molar-refractivity contribution >= 4 is 21.5 Å². The number of fused-ring (bicyclic) bond motifs is 1. The second-order valence-corrected chi connectivity index (χ2v) is 9.84. The van der Waals surface area contributed by atoms with E-state index in [1.54, 1.807) is 0 Å². The highest BCUT2D eigenvalue weighted by atomic mass is 32.2. The molecule has 0 aromatic heterocycles. The fourth-order valence-corrected chi connectivity index (χ4v) is 5.57. The molecule has 0 spiro atoms. The molecule has 3 aromatic rings. The topological polar surface area (TPSA) is 54.5 Å². The third-order valence-corrected chi connectivity index (χ3v) is 7.48. The summed E-state index contributed by atoms with van der Waals surface area (Å²) < 4.78 is 108. The molecular weight excluding hydrogens is 496 g/mol. The summed E-state index contributed by atoms with van der Waals surface area (Å²) >= 11 is 0. The molecule has 0 radical (unpaired) electrons. The Kier molecular flexibility index (Phi) is 6.39. The highest BCUT2D eigenvalue weighted by molar-refractivity contribution is 7.92. The van der Waals surface area contributed by atoms with Crippen LogP contribution in [0.1, 0.15) is 33.5 Å². The van der Waals surface area contributed by atoms with Crippen molar-refractivity contribution in [2.24, 2.45) is 0 Å². The van der Waals surface area contributed by atoms with Crippen LogP contribution in [0.2, 0.25) is 0 Å². The summed E-state index contributed by atoms with van der Waals surface area (Å²) in [6.07, 6.45) is -4.65. The largest absolute Gasteiger partial charge is 0.417 e. The van der Waals surface area contributed by atoms with Crippen LogP contribution in [0.25, 0.3) is 0 Å². The molecular formula is C24H17F6NO3S. The summed E-state index contributed by atoms with van der Waals surface area (Å²) in [4.78, 5) is 12.2. The Bertz CT molecular complexity index is 1420. The van der Waals surface area contributed by atoms with E-state index in [-0.39, 0.29) is 17.8 Å². The number of carbonyl (C=O) groups is 1. The molecule has 0 aliphatic carbocycles. The lowest BCUT2D eigenvalue weighted by molar-refractivity contribution is -0.138. The first-order valence-electron chi connectivity index (χ1n) is 10.4. The number of hydrogen-bond acceptors (Lipinski definition) is 3. The van der Waals surface area contributed by atoms with Gasteiger partial charge in [0, 0.05) is 13.0 Å². The molecule has 4 nitrogen and oxygen atoms in total. The van der Waals surface area contributed by atoms with Crippen molar-refractivity contribution < 1.29 is 39.6 Å². The fraction of sp³-hybridized carbons (Fsp3) is 0.208. The van der Waals surface area contributed by atoms with E-state index in [2.05, 4.69) is 0 Å². The summed E-state index contributed by atoms with van der Waals surface area (Å²) in [5, 5.41) is 0. The Hall–Kier alpha value is -3.34. The number of anilines is 1. The van der Waals surface area contributed by atoms with Crippen molar-refractivity contribution in [2.75, 3.05) is 10.8 Å². The second kappa shape index (κ2) is 9.03. The van der Waals surface area contributed by atoms with Crippen LogP contribution in [0.15, 0.2) is 59.5 Å². The standard InChI is InChI=1S/C24H17F6NO3S/c25-18-9-8-16(13-20(18)27)35(33,34)31-10-2-3-15-7-6-14(11-21(15)31)12-22(32)23-17(24(28,29)30)4-1-5-19(23)26/h1,4-9,11,13H,2-3,10,12H2.